The van der Waals surface area contributed by atoms with Crippen molar-refractivity contribution in [3.8, 4) is 125 Å². The first-order valence-electron chi connectivity index (χ1n) is 31.8. The van der Waals surface area contributed by atoms with Gasteiger partial charge in [-0.3, -0.25) is 11.8 Å². The predicted molar refractivity (Wildman–Crippen MR) is 392 cm³/mol. The number of ether oxygens (including phenoxy) is 2. The van der Waals surface area contributed by atoms with Crippen LogP contribution in [-0.4, -0.2) is 9.97 Å². The van der Waals surface area contributed by atoms with Crippen LogP contribution in [0.1, 0.15) is 63.8 Å². The summed E-state index contributed by atoms with van der Waals surface area (Å²) in [5, 5.41) is 0. The number of benzene rings is 10. The third-order valence-electron chi connectivity index (χ3n) is 15.8. The number of hydrogen-bond acceptors (Lipinski definition) is 4. The zero-order chi connectivity index (χ0) is 66.7. The van der Waals surface area contributed by atoms with Crippen molar-refractivity contribution in [1.82, 2.24) is 19.9 Å². The van der Waals surface area contributed by atoms with Gasteiger partial charge in [0.1, 0.15) is 0 Å². The van der Waals surface area contributed by atoms with Crippen LogP contribution in [0.4, 0.5) is 0 Å². The summed E-state index contributed by atoms with van der Waals surface area (Å²) >= 11 is 0. The van der Waals surface area contributed by atoms with Gasteiger partial charge < -0.3 is 32.3 Å². The standard InChI is InChI=1S/C43H34N2O.C31H26N2O.2C8H5.2Au/c1-43(2,3)36-27-35(28-37(29-36)46-38-21-13-14-26-44-38)42-39(32-17-9-5-10-18-32)40(41(45-42)34-19-11-6-12-20-34)33-24-22-31(23-25-33)30-15-7-4-8-16-30;1-31(2,3)27-17-25(18-28(20-27)34-30-11-7-8-16-32-30)29-19-26(21-33-29)24-14-12-23(13-15-24)22-9-5-4-6-10-22;2*1-2-8-6-4-3-5-7-8;;/h4-27,29H,1-3H3;4-17,19-21H,1-3H3;2*3-7H;;/q2*-2;2*-1;2*+3. The molecule has 98 heavy (non-hydrogen) atoms. The summed E-state index contributed by atoms with van der Waals surface area (Å²) in [5.41, 5.74) is 20.6. The molecular weight excluding hydrogens is 1560 g/mol. The molecule has 0 unspecified atom stereocenters. The first-order valence-corrected chi connectivity index (χ1v) is 31.8. The summed E-state index contributed by atoms with van der Waals surface area (Å²) in [6.07, 6.45) is 18.8. The van der Waals surface area contributed by atoms with E-state index in [1.165, 1.54) is 22.3 Å². The van der Waals surface area contributed by atoms with E-state index in [-0.39, 0.29) is 55.6 Å². The van der Waals surface area contributed by atoms with Gasteiger partial charge in [0.2, 0.25) is 11.8 Å². The van der Waals surface area contributed by atoms with E-state index in [9.17, 15) is 0 Å². The Balaban J connectivity index is 0.000000188. The molecule has 0 radical (unpaired) electrons. The average molecular weight is 1630 g/mol. The second-order valence-corrected chi connectivity index (χ2v) is 24.7. The average Bonchev–Trinajstić information content (AvgIpc) is 1.59. The van der Waals surface area contributed by atoms with E-state index in [2.05, 4.69) is 251 Å². The molecule has 14 rings (SSSR count). The van der Waals surface area contributed by atoms with E-state index in [0.717, 1.165) is 89.4 Å². The fourth-order valence-corrected chi connectivity index (χ4v) is 10.7. The van der Waals surface area contributed by atoms with Crippen molar-refractivity contribution in [3.63, 3.8) is 0 Å². The van der Waals surface area contributed by atoms with Crippen molar-refractivity contribution < 1.29 is 54.2 Å². The van der Waals surface area contributed by atoms with Gasteiger partial charge >= 0.3 is 44.8 Å². The monoisotopic (exact) mass is 1630 g/mol. The van der Waals surface area contributed by atoms with Gasteiger partial charge in [-0.2, -0.15) is 17.3 Å². The minimum Gasteiger partial charge on any atom is -0.707 e. The second-order valence-electron chi connectivity index (χ2n) is 24.7. The van der Waals surface area contributed by atoms with Crippen molar-refractivity contribution >= 4 is 0 Å². The summed E-state index contributed by atoms with van der Waals surface area (Å²) in [6.45, 7) is 13.2. The molecule has 0 bridgehead atoms. The van der Waals surface area contributed by atoms with Crippen molar-refractivity contribution in [2.45, 2.75) is 52.4 Å². The van der Waals surface area contributed by atoms with Crippen molar-refractivity contribution in [3.05, 3.63) is 363 Å². The van der Waals surface area contributed by atoms with Gasteiger partial charge in [-0.15, -0.1) is 70.4 Å². The third-order valence-corrected chi connectivity index (χ3v) is 15.8. The first-order chi connectivity index (χ1) is 46.8. The molecule has 0 spiro atoms. The first kappa shape index (κ1) is 71.6. The molecule has 0 aliphatic carbocycles. The van der Waals surface area contributed by atoms with Crippen LogP contribution in [0.25, 0.3) is 89.4 Å². The van der Waals surface area contributed by atoms with Crippen LogP contribution in [0.2, 0.25) is 0 Å². The van der Waals surface area contributed by atoms with Crippen LogP contribution in [0.15, 0.2) is 316 Å². The number of nitrogens with zero attached hydrogens (tertiary/aromatic N) is 4. The van der Waals surface area contributed by atoms with Crippen LogP contribution >= 0.6 is 0 Å². The van der Waals surface area contributed by atoms with Gasteiger partial charge in [0.05, 0.1) is 0 Å². The Morgan fingerprint density at radius 2 is 0.684 bits per heavy atom. The molecule has 10 aromatic carbocycles. The molecule has 8 heteroatoms. The van der Waals surface area contributed by atoms with Crippen LogP contribution in [0, 0.1) is 36.8 Å². The fraction of sp³-hybridized carbons (Fsp3) is 0.0889. The molecule has 484 valence electrons. The Hall–Kier alpha value is -10.7. The molecule has 6 nitrogen and oxygen atoms in total. The molecule has 0 aliphatic rings. The van der Waals surface area contributed by atoms with Gasteiger partial charge in [-0.05, 0) is 73.0 Å². The number of hydrogen-bond donors (Lipinski definition) is 0. The maximum atomic E-state index is 6.69. The normalized spacial score (nSPS) is 10.6. The molecule has 0 atom stereocenters. The molecule has 0 saturated carbocycles. The molecule has 0 amide bonds. The van der Waals surface area contributed by atoms with E-state index < -0.39 is 0 Å². The minimum atomic E-state index is -0.135. The van der Waals surface area contributed by atoms with E-state index in [1.807, 2.05) is 128 Å². The van der Waals surface area contributed by atoms with Crippen LogP contribution in [0.3, 0.4) is 0 Å². The maximum absolute atomic E-state index is 6.69. The molecule has 0 saturated heterocycles. The Morgan fingerprint density at radius 1 is 0.347 bits per heavy atom. The second kappa shape index (κ2) is 34.3. The van der Waals surface area contributed by atoms with E-state index in [0.29, 0.717) is 23.3 Å². The Labute approximate surface area is 609 Å². The molecule has 0 fully saturated rings. The van der Waals surface area contributed by atoms with Crippen LogP contribution < -0.4 is 19.4 Å². The van der Waals surface area contributed by atoms with E-state index in [1.54, 1.807) is 12.4 Å². The maximum Gasteiger partial charge on any atom is 3.00 e. The minimum absolute atomic E-state index is 0. The molecule has 14 aromatic rings. The number of rotatable bonds is 12. The Kier molecular flexibility index (Phi) is 25.0. The van der Waals surface area contributed by atoms with Crippen molar-refractivity contribution in [2.75, 3.05) is 0 Å². The zero-order valence-electron chi connectivity index (χ0n) is 55.2. The third kappa shape index (κ3) is 19.0. The van der Waals surface area contributed by atoms with Crippen molar-refractivity contribution in [1.29, 1.82) is 0 Å². The van der Waals surface area contributed by atoms with E-state index in [4.69, 9.17) is 32.3 Å². The molecular formula is C90H70Au2N4O2. The molecule has 0 aliphatic heterocycles. The Morgan fingerprint density at radius 3 is 1.08 bits per heavy atom. The predicted octanol–water partition coefficient (Wildman–Crippen LogP) is 22.4. The quantitative estimate of drug-likeness (QED) is 0.0689. The topological polar surface area (TPSA) is 72.4 Å². The summed E-state index contributed by atoms with van der Waals surface area (Å²) in [4.78, 5) is 18.9. The number of pyridine rings is 2. The summed E-state index contributed by atoms with van der Waals surface area (Å²) in [7, 11) is 0. The van der Waals surface area contributed by atoms with Gasteiger partial charge in [0.25, 0.3) is 0 Å². The van der Waals surface area contributed by atoms with Crippen LogP contribution in [0.5, 0.6) is 23.3 Å². The number of aromatic nitrogens is 4. The summed E-state index contributed by atoms with van der Waals surface area (Å²) in [6, 6.07) is 107. The van der Waals surface area contributed by atoms with Gasteiger partial charge in [0, 0.05) is 36.0 Å². The van der Waals surface area contributed by atoms with Crippen molar-refractivity contribution in [2.24, 2.45) is 0 Å². The fourth-order valence-electron chi connectivity index (χ4n) is 10.7. The SMILES string of the molecule is CC(C)(C)c1cc(Oc2ccccn2)[c-]c(-c2[n-]c(-c3ccccc3)c(-c3ccc(-c4ccccc4)cc3)c2-c2ccccc2)c1.CC(C)(C)c1cc(Oc2ccccn2)[c-]c(-c2cc(-c3ccc(-c4ccccc4)cc3)c[n-]2)c1.[Au+3].[Au+3].[C-]#Cc1ccccc1.[C-]#Cc1ccccc1. The van der Waals surface area contributed by atoms with E-state index >= 15 is 0 Å². The summed E-state index contributed by atoms with van der Waals surface area (Å²) < 4.78 is 12.3. The smallest absolute Gasteiger partial charge is 0.707 e. The molecule has 0 N–H and O–H groups in total. The summed E-state index contributed by atoms with van der Waals surface area (Å²) in [5.74, 6) is 6.87. The Bertz CT molecular complexity index is 4800. The van der Waals surface area contributed by atoms with Crippen LogP contribution in [-0.2, 0) is 55.6 Å². The largest absolute Gasteiger partial charge is 3.00 e. The van der Waals surface area contributed by atoms with Gasteiger partial charge in [-0.25, -0.2) is 21.4 Å². The zero-order valence-corrected chi connectivity index (χ0v) is 59.6. The van der Waals surface area contributed by atoms with Gasteiger partial charge in [-0.1, -0.05) is 295 Å². The molecule has 4 aromatic heterocycles. The molecule has 4 heterocycles. The van der Waals surface area contributed by atoms with Gasteiger partial charge in [0.15, 0.2) is 0 Å².